The molecule has 0 atom stereocenters. The molecule has 6 heteroatoms. The lowest BCUT2D eigenvalue weighted by molar-refractivity contribution is 0.301. The molecule has 100 valence electrons. The Morgan fingerprint density at radius 2 is 1.84 bits per heavy atom. The molecule has 0 spiro atoms. The number of halogens is 1. The van der Waals surface area contributed by atoms with Crippen LogP contribution in [0.2, 0.25) is 5.15 Å². The highest BCUT2D eigenvalue weighted by atomic mass is 35.5. The standard InChI is InChI=1S/C13H12ClNO3S/c1-19(16,17)12-7-5-11(6-8-12)18-9-10-3-2-4-13(14)15-10/h2-8H,9H2,1H3. The minimum absolute atomic E-state index is 0.265. The van der Waals surface area contributed by atoms with Gasteiger partial charge in [0.1, 0.15) is 17.5 Å². The molecule has 2 aromatic rings. The van der Waals surface area contributed by atoms with E-state index >= 15 is 0 Å². The quantitative estimate of drug-likeness (QED) is 0.814. The summed E-state index contributed by atoms with van der Waals surface area (Å²) in [7, 11) is -3.18. The molecule has 1 aromatic heterocycles. The molecule has 0 bridgehead atoms. The molecule has 2 rings (SSSR count). The molecule has 0 aliphatic heterocycles. The SMILES string of the molecule is CS(=O)(=O)c1ccc(OCc2cccc(Cl)n2)cc1. The van der Waals surface area contributed by atoms with E-state index in [1.165, 1.54) is 18.4 Å². The van der Waals surface area contributed by atoms with E-state index in [0.29, 0.717) is 16.6 Å². The minimum atomic E-state index is -3.18. The van der Waals surface area contributed by atoms with Gasteiger partial charge in [-0.3, -0.25) is 0 Å². The Kier molecular flexibility index (Phi) is 4.07. The van der Waals surface area contributed by atoms with Gasteiger partial charge in [0.15, 0.2) is 9.84 Å². The van der Waals surface area contributed by atoms with Gasteiger partial charge in [0.25, 0.3) is 0 Å². The van der Waals surface area contributed by atoms with E-state index in [1.807, 2.05) is 0 Å². The van der Waals surface area contributed by atoms with Gasteiger partial charge in [-0.15, -0.1) is 0 Å². The Bertz CT molecular complexity index is 669. The summed E-state index contributed by atoms with van der Waals surface area (Å²) in [5.41, 5.74) is 0.708. The van der Waals surface area contributed by atoms with Crippen molar-refractivity contribution in [2.45, 2.75) is 11.5 Å². The van der Waals surface area contributed by atoms with Crippen molar-refractivity contribution in [3.8, 4) is 5.75 Å². The van der Waals surface area contributed by atoms with Gasteiger partial charge >= 0.3 is 0 Å². The Balaban J connectivity index is 2.05. The molecule has 1 heterocycles. The van der Waals surface area contributed by atoms with Crippen LogP contribution >= 0.6 is 11.6 Å². The van der Waals surface area contributed by atoms with Gasteiger partial charge < -0.3 is 4.74 Å². The van der Waals surface area contributed by atoms with Gasteiger partial charge in [-0.1, -0.05) is 17.7 Å². The highest BCUT2D eigenvalue weighted by molar-refractivity contribution is 7.90. The van der Waals surface area contributed by atoms with Crippen LogP contribution in [0.15, 0.2) is 47.4 Å². The first-order valence-electron chi connectivity index (χ1n) is 5.49. The Hall–Kier alpha value is -1.59. The van der Waals surface area contributed by atoms with Gasteiger partial charge in [0.05, 0.1) is 10.6 Å². The third kappa shape index (κ3) is 3.94. The number of ether oxygens (including phenoxy) is 1. The fraction of sp³-hybridized carbons (Fsp3) is 0.154. The molecule has 0 fully saturated rings. The molecule has 0 amide bonds. The molecule has 0 saturated heterocycles. The zero-order valence-electron chi connectivity index (χ0n) is 10.2. The smallest absolute Gasteiger partial charge is 0.175 e. The Morgan fingerprint density at radius 1 is 1.16 bits per heavy atom. The molecular formula is C13H12ClNO3S. The van der Waals surface area contributed by atoms with Crippen molar-refractivity contribution in [2.75, 3.05) is 6.26 Å². The number of nitrogens with zero attached hydrogens (tertiary/aromatic N) is 1. The second kappa shape index (κ2) is 5.59. The van der Waals surface area contributed by atoms with Crippen molar-refractivity contribution in [3.05, 3.63) is 53.3 Å². The van der Waals surface area contributed by atoms with Crippen LogP contribution in [-0.2, 0) is 16.4 Å². The molecule has 1 aromatic carbocycles. The van der Waals surface area contributed by atoms with E-state index in [2.05, 4.69) is 4.98 Å². The summed E-state index contributed by atoms with van der Waals surface area (Å²) in [4.78, 5) is 4.35. The third-order valence-corrected chi connectivity index (χ3v) is 3.75. The fourth-order valence-corrected chi connectivity index (χ4v) is 2.28. The summed E-state index contributed by atoms with van der Waals surface area (Å²) in [6, 6.07) is 11.5. The van der Waals surface area contributed by atoms with Crippen LogP contribution in [0.1, 0.15) is 5.69 Å². The van der Waals surface area contributed by atoms with Crippen molar-refractivity contribution in [1.29, 1.82) is 0 Å². The number of rotatable bonds is 4. The third-order valence-electron chi connectivity index (χ3n) is 2.41. The second-order valence-electron chi connectivity index (χ2n) is 3.98. The number of aromatic nitrogens is 1. The first kappa shape index (κ1) is 13.8. The summed E-state index contributed by atoms with van der Waals surface area (Å²) in [6.07, 6.45) is 1.17. The maximum atomic E-state index is 11.3. The van der Waals surface area contributed by atoms with E-state index in [4.69, 9.17) is 16.3 Å². The number of benzene rings is 1. The monoisotopic (exact) mass is 297 g/mol. The zero-order chi connectivity index (χ0) is 13.9. The van der Waals surface area contributed by atoms with Crippen LogP contribution in [0, 0.1) is 0 Å². The number of hydrogen-bond donors (Lipinski definition) is 0. The highest BCUT2D eigenvalue weighted by Gasteiger charge is 2.06. The van der Waals surface area contributed by atoms with Crippen molar-refractivity contribution in [2.24, 2.45) is 0 Å². The predicted octanol–water partition coefficient (Wildman–Crippen LogP) is 2.72. The number of pyridine rings is 1. The molecule has 0 N–H and O–H groups in total. The average Bonchev–Trinajstić information content (AvgIpc) is 2.36. The van der Waals surface area contributed by atoms with E-state index in [0.717, 1.165) is 0 Å². The fourth-order valence-electron chi connectivity index (χ4n) is 1.47. The Morgan fingerprint density at radius 3 is 2.42 bits per heavy atom. The molecule has 0 saturated carbocycles. The largest absolute Gasteiger partial charge is 0.487 e. The highest BCUT2D eigenvalue weighted by Crippen LogP contribution is 2.17. The molecule has 19 heavy (non-hydrogen) atoms. The summed E-state index contributed by atoms with van der Waals surface area (Å²) in [5, 5.41) is 0.411. The van der Waals surface area contributed by atoms with Crippen LogP contribution in [0.3, 0.4) is 0 Å². The molecule has 0 aliphatic rings. The van der Waals surface area contributed by atoms with Crippen LogP contribution in [0.5, 0.6) is 5.75 Å². The lowest BCUT2D eigenvalue weighted by atomic mass is 10.3. The topological polar surface area (TPSA) is 56.3 Å². The van der Waals surface area contributed by atoms with E-state index in [-0.39, 0.29) is 11.5 Å². The molecule has 0 aliphatic carbocycles. The summed E-state index contributed by atoms with van der Waals surface area (Å²) < 4.78 is 28.1. The van der Waals surface area contributed by atoms with Crippen molar-refractivity contribution in [1.82, 2.24) is 4.98 Å². The predicted molar refractivity (Wildman–Crippen MR) is 73.1 cm³/mol. The molecular weight excluding hydrogens is 286 g/mol. The first-order chi connectivity index (χ1) is 8.95. The van der Waals surface area contributed by atoms with E-state index in [9.17, 15) is 8.42 Å². The summed E-state index contributed by atoms with van der Waals surface area (Å²) in [5.74, 6) is 0.578. The average molecular weight is 298 g/mol. The van der Waals surface area contributed by atoms with E-state index < -0.39 is 9.84 Å². The number of hydrogen-bond acceptors (Lipinski definition) is 4. The zero-order valence-corrected chi connectivity index (χ0v) is 11.8. The minimum Gasteiger partial charge on any atom is -0.487 e. The lowest BCUT2D eigenvalue weighted by Crippen LogP contribution is -1.99. The summed E-state index contributed by atoms with van der Waals surface area (Å²) in [6.45, 7) is 0.277. The molecule has 4 nitrogen and oxygen atoms in total. The van der Waals surface area contributed by atoms with Gasteiger partial charge in [0, 0.05) is 6.26 Å². The maximum Gasteiger partial charge on any atom is 0.175 e. The second-order valence-corrected chi connectivity index (χ2v) is 6.39. The van der Waals surface area contributed by atoms with Crippen molar-refractivity contribution in [3.63, 3.8) is 0 Å². The van der Waals surface area contributed by atoms with Crippen LogP contribution in [0.4, 0.5) is 0 Å². The first-order valence-corrected chi connectivity index (χ1v) is 7.76. The maximum absolute atomic E-state index is 11.3. The van der Waals surface area contributed by atoms with Crippen molar-refractivity contribution >= 4 is 21.4 Å². The lowest BCUT2D eigenvalue weighted by Gasteiger charge is -2.06. The normalized spacial score (nSPS) is 11.3. The van der Waals surface area contributed by atoms with E-state index in [1.54, 1.807) is 30.3 Å². The van der Waals surface area contributed by atoms with Gasteiger partial charge in [-0.2, -0.15) is 0 Å². The van der Waals surface area contributed by atoms with Crippen molar-refractivity contribution < 1.29 is 13.2 Å². The van der Waals surface area contributed by atoms with Gasteiger partial charge in [-0.05, 0) is 36.4 Å². The van der Waals surface area contributed by atoms with Crippen LogP contribution in [0.25, 0.3) is 0 Å². The summed E-state index contributed by atoms with van der Waals surface area (Å²) >= 11 is 5.76. The molecule has 0 radical (unpaired) electrons. The van der Waals surface area contributed by atoms with Crippen LogP contribution < -0.4 is 4.74 Å². The molecule has 0 unspecified atom stereocenters. The Labute approximate surface area is 116 Å². The number of sulfone groups is 1. The van der Waals surface area contributed by atoms with Gasteiger partial charge in [0.2, 0.25) is 0 Å². The van der Waals surface area contributed by atoms with Crippen LogP contribution in [-0.4, -0.2) is 19.7 Å². The van der Waals surface area contributed by atoms with Gasteiger partial charge in [-0.25, -0.2) is 13.4 Å².